The number of hydrogen-bond acceptors (Lipinski definition) is 4. The van der Waals surface area contributed by atoms with Crippen molar-refractivity contribution in [2.45, 2.75) is 20.4 Å². The molecule has 0 amide bonds. The third-order valence-corrected chi connectivity index (χ3v) is 3.28. The Balaban J connectivity index is 2.05. The molecule has 0 atom stereocenters. The molecule has 3 N–H and O–H groups in total. The summed E-state index contributed by atoms with van der Waals surface area (Å²) in [6.45, 7) is 5.14. The van der Waals surface area contributed by atoms with E-state index in [9.17, 15) is 0 Å². The molecule has 2 heterocycles. The van der Waals surface area contributed by atoms with Crippen molar-refractivity contribution in [3.05, 3.63) is 35.0 Å². The molecule has 0 aliphatic carbocycles. The van der Waals surface area contributed by atoms with Crippen LogP contribution in [0.2, 0.25) is 5.02 Å². The van der Waals surface area contributed by atoms with Crippen LogP contribution in [0.15, 0.2) is 29.4 Å². The van der Waals surface area contributed by atoms with E-state index in [1.54, 1.807) is 6.07 Å². The Morgan fingerprint density at radius 2 is 2.20 bits per heavy atom. The monoisotopic (exact) mass is 289 g/mol. The molecule has 0 radical (unpaired) electrons. The summed E-state index contributed by atoms with van der Waals surface area (Å²) in [5.74, 6) is 1.69. The van der Waals surface area contributed by atoms with Crippen LogP contribution in [-0.2, 0) is 6.54 Å². The number of rotatable bonds is 2. The summed E-state index contributed by atoms with van der Waals surface area (Å²) >= 11 is 5.99. The van der Waals surface area contributed by atoms with Crippen molar-refractivity contribution in [3.8, 4) is 0 Å². The van der Waals surface area contributed by atoms with E-state index in [2.05, 4.69) is 29.3 Å². The molecule has 5 nitrogen and oxygen atoms in total. The van der Waals surface area contributed by atoms with Gasteiger partial charge in [0.2, 0.25) is 0 Å². The Morgan fingerprint density at radius 1 is 1.40 bits per heavy atom. The van der Waals surface area contributed by atoms with E-state index in [4.69, 9.17) is 17.3 Å². The Kier molecular flexibility index (Phi) is 3.14. The van der Waals surface area contributed by atoms with Gasteiger partial charge in [-0.2, -0.15) is 5.10 Å². The number of nitrogens with one attached hydrogen (secondary N) is 1. The van der Waals surface area contributed by atoms with Crippen LogP contribution in [0.5, 0.6) is 0 Å². The van der Waals surface area contributed by atoms with E-state index in [1.807, 2.05) is 23.0 Å². The van der Waals surface area contributed by atoms with Gasteiger partial charge in [0.05, 0.1) is 16.9 Å². The summed E-state index contributed by atoms with van der Waals surface area (Å²) < 4.78 is 1.89. The third-order valence-electron chi connectivity index (χ3n) is 3.04. The maximum absolute atomic E-state index is 6.07. The minimum atomic E-state index is 0.448. The molecule has 6 heteroatoms. The van der Waals surface area contributed by atoms with Crippen molar-refractivity contribution in [3.63, 3.8) is 0 Å². The topological polar surface area (TPSA) is 68.2 Å². The average Bonchev–Trinajstić information content (AvgIpc) is 2.69. The van der Waals surface area contributed by atoms with Gasteiger partial charge in [-0.25, -0.2) is 4.99 Å². The van der Waals surface area contributed by atoms with Crippen LogP contribution >= 0.6 is 11.6 Å². The molecule has 3 rings (SSSR count). The zero-order valence-electron chi connectivity index (χ0n) is 11.4. The van der Waals surface area contributed by atoms with Gasteiger partial charge in [-0.15, -0.1) is 0 Å². The first-order valence-corrected chi connectivity index (χ1v) is 6.89. The molecule has 1 aliphatic rings. The minimum Gasteiger partial charge on any atom is -0.383 e. The summed E-state index contributed by atoms with van der Waals surface area (Å²) in [6, 6.07) is 5.48. The van der Waals surface area contributed by atoms with Gasteiger partial charge in [0.15, 0.2) is 5.82 Å². The number of aromatic nitrogens is 2. The number of anilines is 2. The molecule has 1 aromatic carbocycles. The van der Waals surface area contributed by atoms with Crippen LogP contribution in [0.1, 0.15) is 19.4 Å². The average molecular weight is 290 g/mol. The molecule has 0 saturated heterocycles. The van der Waals surface area contributed by atoms with Crippen molar-refractivity contribution in [1.29, 1.82) is 0 Å². The molecule has 2 aromatic rings. The van der Waals surface area contributed by atoms with Crippen LogP contribution < -0.4 is 11.1 Å². The number of amidine groups is 1. The fourth-order valence-electron chi connectivity index (χ4n) is 2.19. The molecule has 1 aliphatic heterocycles. The normalized spacial score (nSPS) is 13.3. The van der Waals surface area contributed by atoms with Gasteiger partial charge < -0.3 is 11.1 Å². The Labute approximate surface area is 122 Å². The SMILES string of the molecule is CC(C)Cn1cc2c(n1)Nc1ccc(Cl)cc1N=C2N. The lowest BCUT2D eigenvalue weighted by Crippen LogP contribution is -2.12. The van der Waals surface area contributed by atoms with E-state index in [0.717, 1.165) is 29.3 Å². The van der Waals surface area contributed by atoms with Crippen LogP contribution in [-0.4, -0.2) is 15.6 Å². The van der Waals surface area contributed by atoms with Gasteiger partial charge in [-0.05, 0) is 24.1 Å². The van der Waals surface area contributed by atoms with Crippen LogP contribution in [0, 0.1) is 5.92 Å². The number of fused-ring (bicyclic) bond motifs is 2. The molecule has 20 heavy (non-hydrogen) atoms. The van der Waals surface area contributed by atoms with Crippen LogP contribution in [0.25, 0.3) is 0 Å². The van der Waals surface area contributed by atoms with E-state index in [-0.39, 0.29) is 0 Å². The van der Waals surface area contributed by atoms with E-state index >= 15 is 0 Å². The molecule has 0 spiro atoms. The molecule has 0 unspecified atom stereocenters. The molecule has 0 fully saturated rings. The summed E-state index contributed by atoms with van der Waals surface area (Å²) in [5.41, 5.74) is 8.46. The number of hydrogen-bond donors (Lipinski definition) is 2. The zero-order valence-corrected chi connectivity index (χ0v) is 12.1. The molecule has 1 aromatic heterocycles. The second-order valence-electron chi connectivity index (χ2n) is 5.29. The van der Waals surface area contributed by atoms with E-state index in [1.165, 1.54) is 0 Å². The summed E-state index contributed by atoms with van der Waals surface area (Å²) in [6.07, 6.45) is 1.93. The minimum absolute atomic E-state index is 0.448. The lowest BCUT2D eigenvalue weighted by atomic mass is 10.2. The van der Waals surface area contributed by atoms with Gasteiger partial charge in [0.1, 0.15) is 5.84 Å². The summed E-state index contributed by atoms with van der Waals surface area (Å²) in [7, 11) is 0. The van der Waals surface area contributed by atoms with Crippen molar-refractivity contribution in [2.24, 2.45) is 16.6 Å². The largest absolute Gasteiger partial charge is 0.383 e. The second-order valence-corrected chi connectivity index (χ2v) is 5.73. The lowest BCUT2D eigenvalue weighted by Gasteiger charge is -2.06. The quantitative estimate of drug-likeness (QED) is 0.891. The molecule has 0 saturated carbocycles. The zero-order chi connectivity index (χ0) is 14.3. The van der Waals surface area contributed by atoms with Gasteiger partial charge in [0.25, 0.3) is 0 Å². The lowest BCUT2D eigenvalue weighted by molar-refractivity contribution is 0.484. The molecule has 104 valence electrons. The van der Waals surface area contributed by atoms with Crippen molar-refractivity contribution in [2.75, 3.05) is 5.32 Å². The maximum Gasteiger partial charge on any atom is 0.163 e. The van der Waals surface area contributed by atoms with E-state index < -0.39 is 0 Å². The third kappa shape index (κ3) is 2.36. The van der Waals surface area contributed by atoms with Gasteiger partial charge >= 0.3 is 0 Å². The molecule has 0 bridgehead atoms. The highest BCUT2D eigenvalue weighted by atomic mass is 35.5. The maximum atomic E-state index is 6.07. The highest BCUT2D eigenvalue weighted by Crippen LogP contribution is 2.34. The van der Waals surface area contributed by atoms with Gasteiger partial charge in [-0.3, -0.25) is 4.68 Å². The van der Waals surface area contributed by atoms with Crippen molar-refractivity contribution in [1.82, 2.24) is 9.78 Å². The number of nitrogens with two attached hydrogens (primary N) is 1. The number of nitrogens with zero attached hydrogens (tertiary/aromatic N) is 3. The second kappa shape index (κ2) is 4.83. The van der Waals surface area contributed by atoms with Crippen LogP contribution in [0.3, 0.4) is 0 Å². The predicted molar refractivity (Wildman–Crippen MR) is 82.2 cm³/mol. The highest BCUT2D eigenvalue weighted by molar-refractivity contribution is 6.31. The number of benzene rings is 1. The smallest absolute Gasteiger partial charge is 0.163 e. The first-order valence-electron chi connectivity index (χ1n) is 6.51. The molecular formula is C14H16ClN5. The fourth-order valence-corrected chi connectivity index (χ4v) is 2.36. The standard InChI is InChI=1S/C14H16ClN5/c1-8(2)6-20-7-10-13(16)17-12-5-9(15)3-4-11(12)18-14(10)19-20/h3-5,7-8H,6H2,1-2H3,(H2,16,17)(H,18,19). The van der Waals surface area contributed by atoms with Crippen molar-refractivity contribution >= 4 is 34.6 Å². The highest BCUT2D eigenvalue weighted by Gasteiger charge is 2.18. The molecular weight excluding hydrogens is 274 g/mol. The van der Waals surface area contributed by atoms with E-state index in [0.29, 0.717) is 16.8 Å². The Hall–Kier alpha value is -2.01. The fraction of sp³-hybridized carbons (Fsp3) is 0.286. The Bertz CT molecular complexity index is 687. The Morgan fingerprint density at radius 3 is 2.95 bits per heavy atom. The number of aliphatic imine (C=N–C) groups is 1. The summed E-state index contributed by atoms with van der Waals surface area (Å²) in [5, 5.41) is 8.43. The van der Waals surface area contributed by atoms with Gasteiger partial charge in [0, 0.05) is 17.8 Å². The predicted octanol–water partition coefficient (Wildman–Crippen LogP) is 3.29. The first kappa shape index (κ1) is 13.0. The first-order chi connectivity index (χ1) is 9.52. The van der Waals surface area contributed by atoms with Crippen LogP contribution in [0.4, 0.5) is 17.2 Å². The van der Waals surface area contributed by atoms with Crippen molar-refractivity contribution < 1.29 is 0 Å². The summed E-state index contributed by atoms with van der Waals surface area (Å²) in [4.78, 5) is 4.43. The van der Waals surface area contributed by atoms with Gasteiger partial charge in [-0.1, -0.05) is 25.4 Å². The number of halogens is 1.